The van der Waals surface area contributed by atoms with E-state index in [-0.39, 0.29) is 47.4 Å². The zero-order valence-corrected chi connectivity index (χ0v) is 30.7. The number of nitrogens with zero attached hydrogens (tertiary/aromatic N) is 3. The van der Waals surface area contributed by atoms with E-state index in [2.05, 4.69) is 26.3 Å². The summed E-state index contributed by atoms with van der Waals surface area (Å²) in [6, 6.07) is 16.1. The minimum Gasteiger partial charge on any atom is -0.481 e. The van der Waals surface area contributed by atoms with Crippen LogP contribution in [-0.2, 0) is 22.7 Å². The molecular weight excluding hydrogens is 720 g/mol. The van der Waals surface area contributed by atoms with E-state index in [4.69, 9.17) is 32.9 Å². The molecule has 0 bridgehead atoms. The maximum atomic E-state index is 15.6. The summed E-state index contributed by atoms with van der Waals surface area (Å²) in [6.45, 7) is 3.39. The van der Waals surface area contributed by atoms with Crippen LogP contribution < -0.4 is 31.6 Å². The SMILES string of the molecule is COc1nc(-c2cccc(-c3cccc(-c4ccn5c(=O)c(CNCC6CCC(=O)N6)c(C)nc5c4)c3Cl)c2Cl)cc(F)c1CNCC1CCC(=O)N1. The molecule has 274 valence electrons. The van der Waals surface area contributed by atoms with E-state index in [1.807, 2.05) is 49.4 Å². The number of amides is 2. The fraction of sp³-hybridized carbons (Fsp3) is 0.308. The third kappa shape index (κ3) is 7.63. The van der Waals surface area contributed by atoms with Crippen molar-refractivity contribution in [2.24, 2.45) is 0 Å². The van der Waals surface area contributed by atoms with Gasteiger partial charge in [0.25, 0.3) is 5.56 Å². The van der Waals surface area contributed by atoms with Crippen molar-refractivity contribution >= 4 is 40.7 Å². The van der Waals surface area contributed by atoms with Crippen molar-refractivity contribution in [1.82, 2.24) is 35.6 Å². The zero-order valence-electron chi connectivity index (χ0n) is 29.2. The highest BCUT2D eigenvalue weighted by Crippen LogP contribution is 2.42. The fourth-order valence-electron chi connectivity index (χ4n) is 6.95. The van der Waals surface area contributed by atoms with E-state index in [1.54, 1.807) is 12.3 Å². The van der Waals surface area contributed by atoms with Gasteiger partial charge in [0, 0.05) is 91.3 Å². The highest BCUT2D eigenvalue weighted by atomic mass is 35.5. The van der Waals surface area contributed by atoms with Crippen molar-refractivity contribution in [3.8, 4) is 39.4 Å². The summed E-state index contributed by atoms with van der Waals surface area (Å²) in [7, 11) is 1.44. The Morgan fingerprint density at radius 2 is 1.42 bits per heavy atom. The van der Waals surface area contributed by atoms with E-state index in [0.29, 0.717) is 87.4 Å². The summed E-state index contributed by atoms with van der Waals surface area (Å²) < 4.78 is 22.6. The molecule has 3 aromatic heterocycles. The summed E-state index contributed by atoms with van der Waals surface area (Å²) in [4.78, 5) is 45.9. The summed E-state index contributed by atoms with van der Waals surface area (Å²) in [6.07, 6.45) is 4.20. The molecule has 2 amide bonds. The Kier molecular flexibility index (Phi) is 10.7. The molecular formula is C39H38Cl2FN7O4. The van der Waals surface area contributed by atoms with Gasteiger partial charge in [0.1, 0.15) is 11.5 Å². The Morgan fingerprint density at radius 1 is 0.830 bits per heavy atom. The van der Waals surface area contributed by atoms with Crippen LogP contribution in [0.3, 0.4) is 0 Å². The number of carbonyl (C=O) groups excluding carboxylic acids is 2. The molecule has 11 nitrogen and oxygen atoms in total. The Hall–Kier alpha value is -4.88. The Morgan fingerprint density at radius 3 is 2.02 bits per heavy atom. The highest BCUT2D eigenvalue weighted by molar-refractivity contribution is 6.39. The molecule has 0 spiro atoms. The molecule has 2 aliphatic rings. The van der Waals surface area contributed by atoms with Crippen molar-refractivity contribution in [3.05, 3.63) is 104 Å². The van der Waals surface area contributed by atoms with Crippen LogP contribution in [0, 0.1) is 12.7 Å². The molecule has 4 N–H and O–H groups in total. The van der Waals surface area contributed by atoms with Crippen LogP contribution in [0.5, 0.6) is 5.88 Å². The van der Waals surface area contributed by atoms with E-state index >= 15 is 4.39 Å². The number of ether oxygens (including phenoxy) is 1. The summed E-state index contributed by atoms with van der Waals surface area (Å²) in [5.41, 5.74) is 5.30. The predicted molar refractivity (Wildman–Crippen MR) is 203 cm³/mol. The molecule has 0 radical (unpaired) electrons. The summed E-state index contributed by atoms with van der Waals surface area (Å²) in [5, 5.41) is 13.1. The smallest absolute Gasteiger partial charge is 0.262 e. The maximum Gasteiger partial charge on any atom is 0.262 e. The van der Waals surface area contributed by atoms with Gasteiger partial charge in [-0.1, -0.05) is 59.6 Å². The average Bonchev–Trinajstić information content (AvgIpc) is 3.76. The number of hydrogen-bond donors (Lipinski definition) is 4. The van der Waals surface area contributed by atoms with Crippen LogP contribution in [-0.4, -0.2) is 58.5 Å². The number of methoxy groups -OCH3 is 1. The number of halogens is 3. The second kappa shape index (κ2) is 15.6. The van der Waals surface area contributed by atoms with Crippen molar-refractivity contribution < 1.29 is 18.7 Å². The number of hydrogen-bond acceptors (Lipinski definition) is 8. The topological polar surface area (TPSA) is 139 Å². The van der Waals surface area contributed by atoms with Gasteiger partial charge in [0.15, 0.2) is 0 Å². The van der Waals surface area contributed by atoms with Gasteiger partial charge in [0.05, 0.1) is 34.0 Å². The lowest BCUT2D eigenvalue weighted by Crippen LogP contribution is -2.36. The Labute approximate surface area is 315 Å². The van der Waals surface area contributed by atoms with Crippen molar-refractivity contribution in [2.75, 3.05) is 20.2 Å². The number of rotatable bonds is 12. The molecule has 0 saturated carbocycles. The van der Waals surface area contributed by atoms with Gasteiger partial charge in [0.2, 0.25) is 17.7 Å². The van der Waals surface area contributed by atoms with E-state index in [0.717, 1.165) is 18.4 Å². The van der Waals surface area contributed by atoms with Gasteiger partial charge >= 0.3 is 0 Å². The number of benzene rings is 2. The molecule has 2 saturated heterocycles. The lowest BCUT2D eigenvalue weighted by Gasteiger charge is -2.16. The highest BCUT2D eigenvalue weighted by Gasteiger charge is 2.23. The molecule has 2 fully saturated rings. The van der Waals surface area contributed by atoms with Crippen LogP contribution in [0.1, 0.15) is 42.5 Å². The molecule has 2 atom stereocenters. The molecule has 0 aliphatic carbocycles. The molecule has 53 heavy (non-hydrogen) atoms. The van der Waals surface area contributed by atoms with Gasteiger partial charge in [-0.05, 0) is 37.5 Å². The third-order valence-electron chi connectivity index (χ3n) is 9.79. The van der Waals surface area contributed by atoms with Crippen LogP contribution in [0.4, 0.5) is 4.39 Å². The lowest BCUT2D eigenvalue weighted by atomic mass is 9.97. The molecule has 2 aliphatic heterocycles. The normalized spacial score (nSPS) is 17.0. The summed E-state index contributed by atoms with van der Waals surface area (Å²) in [5.74, 6) is -0.303. The van der Waals surface area contributed by atoms with Crippen LogP contribution in [0.15, 0.2) is 65.6 Å². The second-order valence-corrected chi connectivity index (χ2v) is 14.1. The zero-order chi connectivity index (χ0) is 37.2. The number of aromatic nitrogens is 3. The van der Waals surface area contributed by atoms with Crippen molar-refractivity contribution in [2.45, 2.75) is 57.8 Å². The fourth-order valence-corrected chi connectivity index (χ4v) is 7.61. The Bertz CT molecular complexity index is 2300. The number of fused-ring (bicyclic) bond motifs is 1. The van der Waals surface area contributed by atoms with E-state index in [1.165, 1.54) is 17.6 Å². The first-order valence-electron chi connectivity index (χ1n) is 17.4. The second-order valence-electron chi connectivity index (χ2n) is 13.3. The molecule has 7 rings (SSSR count). The Balaban J connectivity index is 1.14. The van der Waals surface area contributed by atoms with Gasteiger partial charge in [-0.25, -0.2) is 14.4 Å². The van der Waals surface area contributed by atoms with Gasteiger partial charge in [-0.15, -0.1) is 0 Å². The molecule has 2 aromatic carbocycles. The first kappa shape index (κ1) is 36.5. The first-order chi connectivity index (χ1) is 25.6. The van der Waals surface area contributed by atoms with E-state index < -0.39 is 5.82 Å². The summed E-state index contributed by atoms with van der Waals surface area (Å²) >= 11 is 14.1. The molecule has 5 heterocycles. The van der Waals surface area contributed by atoms with Gasteiger partial charge < -0.3 is 26.0 Å². The van der Waals surface area contributed by atoms with Crippen LogP contribution >= 0.6 is 23.2 Å². The third-order valence-corrected chi connectivity index (χ3v) is 10.6. The van der Waals surface area contributed by atoms with Crippen molar-refractivity contribution in [3.63, 3.8) is 0 Å². The predicted octanol–water partition coefficient (Wildman–Crippen LogP) is 5.59. The van der Waals surface area contributed by atoms with Crippen LogP contribution in [0.25, 0.3) is 39.2 Å². The quantitative estimate of drug-likeness (QED) is 0.129. The standard InChI is InChI=1S/C39H38Cl2FN7O4/c1-21-29(19-43-17-23-9-11-34(50)46-23)39(52)49-14-13-22(15-33(49)45-21)25-5-3-6-26(36(25)40)27-7-4-8-28(37(27)41)32-16-31(42)30(38(48-32)53-2)20-44-18-24-10-12-35(51)47-24/h3-8,13-16,23-24,43-44H,9-12,17-20H2,1-2H3,(H,46,50)(H,47,51). The number of aryl methyl sites for hydroxylation is 1. The number of pyridine rings is 2. The van der Waals surface area contributed by atoms with Crippen LogP contribution in [0.2, 0.25) is 10.0 Å². The largest absolute Gasteiger partial charge is 0.481 e. The first-order valence-corrected chi connectivity index (χ1v) is 18.2. The average molecular weight is 759 g/mol. The molecule has 2 unspecified atom stereocenters. The maximum absolute atomic E-state index is 15.6. The lowest BCUT2D eigenvalue weighted by molar-refractivity contribution is -0.120. The van der Waals surface area contributed by atoms with E-state index in [9.17, 15) is 14.4 Å². The molecule has 14 heteroatoms. The molecule has 5 aromatic rings. The van der Waals surface area contributed by atoms with Crippen molar-refractivity contribution in [1.29, 1.82) is 0 Å². The monoisotopic (exact) mass is 757 g/mol. The minimum atomic E-state index is -0.502. The minimum absolute atomic E-state index is 0.00315. The van der Waals surface area contributed by atoms with Gasteiger partial charge in [-0.3, -0.25) is 18.8 Å². The number of carbonyl (C=O) groups is 2. The van der Waals surface area contributed by atoms with Gasteiger partial charge in [-0.2, -0.15) is 0 Å². The number of nitrogens with one attached hydrogen (secondary N) is 4.